The third-order valence-corrected chi connectivity index (χ3v) is 5.83. The zero-order valence-corrected chi connectivity index (χ0v) is 21.9. The van der Waals surface area contributed by atoms with E-state index in [9.17, 15) is 14.4 Å². The zero-order chi connectivity index (χ0) is 27.6. The van der Waals surface area contributed by atoms with Crippen LogP contribution in [0.3, 0.4) is 0 Å². The van der Waals surface area contributed by atoms with Crippen molar-refractivity contribution in [3.63, 3.8) is 0 Å². The summed E-state index contributed by atoms with van der Waals surface area (Å²) in [5, 5.41) is 0. The van der Waals surface area contributed by atoms with E-state index in [4.69, 9.17) is 14.2 Å². The van der Waals surface area contributed by atoms with Crippen molar-refractivity contribution in [2.45, 2.75) is 33.1 Å². The highest BCUT2D eigenvalue weighted by Gasteiger charge is 2.24. The Kier molecular flexibility index (Phi) is 9.13. The molecule has 8 nitrogen and oxygen atoms in total. The van der Waals surface area contributed by atoms with Gasteiger partial charge in [-0.1, -0.05) is 61.9 Å². The molecule has 0 aliphatic carbocycles. The van der Waals surface area contributed by atoms with E-state index < -0.39 is 11.9 Å². The summed E-state index contributed by atoms with van der Waals surface area (Å²) < 4.78 is 19.6. The van der Waals surface area contributed by atoms with Gasteiger partial charge in [-0.25, -0.2) is 14.2 Å². The van der Waals surface area contributed by atoms with Crippen LogP contribution in [0.25, 0.3) is 17.5 Å². The van der Waals surface area contributed by atoms with Crippen molar-refractivity contribution >= 4 is 18.0 Å². The molecule has 0 aliphatic rings. The molecule has 8 heteroatoms. The molecule has 0 amide bonds. The SMILES string of the molecule is CCCCc1c(OCOC(=O)C=Cc2ccccc2)n(-c2ccccc2)n(-c2ccc(OC(C)=O)cc2)c1=O. The third-order valence-electron chi connectivity index (χ3n) is 5.83. The number of hydrogen-bond acceptors (Lipinski definition) is 6. The van der Waals surface area contributed by atoms with Crippen molar-refractivity contribution in [1.29, 1.82) is 0 Å². The molecule has 0 unspecified atom stereocenters. The number of hydrogen-bond donors (Lipinski definition) is 0. The van der Waals surface area contributed by atoms with Crippen molar-refractivity contribution in [2.24, 2.45) is 0 Å². The summed E-state index contributed by atoms with van der Waals surface area (Å²) in [6.45, 7) is 2.99. The predicted molar refractivity (Wildman–Crippen MR) is 148 cm³/mol. The molecule has 0 radical (unpaired) electrons. The minimum atomic E-state index is -0.567. The first-order valence-corrected chi connectivity index (χ1v) is 12.7. The average Bonchev–Trinajstić information content (AvgIpc) is 3.22. The molecule has 0 saturated heterocycles. The lowest BCUT2D eigenvalue weighted by Crippen LogP contribution is -2.22. The van der Waals surface area contributed by atoms with Crippen LogP contribution in [0.2, 0.25) is 0 Å². The van der Waals surface area contributed by atoms with E-state index in [1.165, 1.54) is 17.7 Å². The fourth-order valence-corrected chi connectivity index (χ4v) is 4.02. The third kappa shape index (κ3) is 6.93. The number of carbonyl (C=O) groups excluding carboxylic acids is 2. The normalized spacial score (nSPS) is 10.9. The van der Waals surface area contributed by atoms with Gasteiger partial charge in [0.2, 0.25) is 12.7 Å². The van der Waals surface area contributed by atoms with E-state index in [1.54, 1.807) is 35.0 Å². The Bertz CT molecular complexity index is 1490. The minimum Gasteiger partial charge on any atom is -0.440 e. The van der Waals surface area contributed by atoms with Gasteiger partial charge in [0.1, 0.15) is 5.75 Å². The lowest BCUT2D eigenvalue weighted by atomic mass is 10.1. The maximum Gasteiger partial charge on any atom is 0.333 e. The van der Waals surface area contributed by atoms with Gasteiger partial charge in [-0.3, -0.25) is 9.59 Å². The Hall–Kier alpha value is -4.85. The first kappa shape index (κ1) is 27.2. The van der Waals surface area contributed by atoms with E-state index in [0.717, 1.165) is 18.4 Å². The topological polar surface area (TPSA) is 88.8 Å². The molecule has 0 atom stereocenters. The lowest BCUT2D eigenvalue weighted by Gasteiger charge is -2.16. The Balaban J connectivity index is 1.68. The van der Waals surface area contributed by atoms with Crippen LogP contribution in [0.4, 0.5) is 0 Å². The quantitative estimate of drug-likeness (QED) is 0.111. The van der Waals surface area contributed by atoms with Crippen LogP contribution in [0, 0.1) is 0 Å². The average molecular weight is 527 g/mol. The van der Waals surface area contributed by atoms with Crippen molar-refractivity contribution in [3.05, 3.63) is 112 Å². The molecule has 0 N–H and O–H groups in total. The summed E-state index contributed by atoms with van der Waals surface area (Å²) in [5.41, 5.74) is 2.33. The Morgan fingerprint density at radius 1 is 0.846 bits per heavy atom. The van der Waals surface area contributed by atoms with Crippen molar-refractivity contribution in [3.8, 4) is 23.0 Å². The molecular weight excluding hydrogens is 496 g/mol. The van der Waals surface area contributed by atoms with E-state index in [1.807, 2.05) is 67.6 Å². The smallest absolute Gasteiger partial charge is 0.333 e. The number of ether oxygens (including phenoxy) is 3. The van der Waals surface area contributed by atoms with Crippen LogP contribution >= 0.6 is 0 Å². The van der Waals surface area contributed by atoms with Crippen LogP contribution in [-0.2, 0) is 20.7 Å². The molecule has 0 fully saturated rings. The Morgan fingerprint density at radius 2 is 1.49 bits per heavy atom. The van der Waals surface area contributed by atoms with Crippen LogP contribution < -0.4 is 15.0 Å². The molecular formula is C31H30N2O6. The molecule has 200 valence electrons. The highest BCUT2D eigenvalue weighted by molar-refractivity contribution is 5.86. The molecule has 0 saturated carbocycles. The van der Waals surface area contributed by atoms with Gasteiger partial charge in [-0.05, 0) is 60.9 Å². The zero-order valence-electron chi connectivity index (χ0n) is 21.9. The van der Waals surface area contributed by atoms with E-state index in [-0.39, 0.29) is 12.4 Å². The predicted octanol–water partition coefficient (Wildman–Crippen LogP) is 5.49. The molecule has 1 aromatic heterocycles. The molecule has 0 bridgehead atoms. The molecule has 4 aromatic rings. The Morgan fingerprint density at radius 3 is 2.13 bits per heavy atom. The second-order valence-corrected chi connectivity index (χ2v) is 8.71. The number of rotatable bonds is 11. The monoisotopic (exact) mass is 526 g/mol. The number of esters is 2. The molecule has 1 heterocycles. The molecule has 4 rings (SSSR count). The maximum atomic E-state index is 13.8. The van der Waals surface area contributed by atoms with Gasteiger partial charge in [-0.15, -0.1) is 0 Å². The van der Waals surface area contributed by atoms with Gasteiger partial charge in [0.05, 0.1) is 16.9 Å². The number of carbonyl (C=O) groups is 2. The fraction of sp³-hybridized carbons (Fsp3) is 0.194. The van der Waals surface area contributed by atoms with E-state index in [2.05, 4.69) is 0 Å². The highest BCUT2D eigenvalue weighted by atomic mass is 16.7. The number of benzene rings is 3. The van der Waals surface area contributed by atoms with Crippen LogP contribution in [0.15, 0.2) is 95.8 Å². The van der Waals surface area contributed by atoms with Crippen molar-refractivity contribution in [2.75, 3.05) is 6.79 Å². The van der Waals surface area contributed by atoms with E-state index in [0.29, 0.717) is 35.0 Å². The van der Waals surface area contributed by atoms with Gasteiger partial charge in [0.15, 0.2) is 0 Å². The molecule has 0 aliphatic heterocycles. The second kappa shape index (κ2) is 13.1. The summed E-state index contributed by atoms with van der Waals surface area (Å²) in [7, 11) is 0. The van der Waals surface area contributed by atoms with Crippen molar-refractivity contribution < 1.29 is 23.8 Å². The summed E-state index contributed by atoms with van der Waals surface area (Å²) in [6, 6.07) is 25.3. The first-order chi connectivity index (χ1) is 19.0. The molecule has 0 spiro atoms. The standard InChI is InChI=1S/C31H30N2O6/c1-3-4-15-28-30(36)32(26-17-19-27(20-18-26)39-23(2)34)33(25-13-9-6-10-14-25)31(28)38-22-37-29(35)21-16-24-11-7-5-8-12-24/h5-14,16-21H,3-4,15,22H2,1-2H3. The number of nitrogens with zero attached hydrogens (tertiary/aromatic N) is 2. The molecule has 39 heavy (non-hydrogen) atoms. The number of unbranched alkanes of at least 4 members (excludes halogenated alkanes) is 1. The lowest BCUT2D eigenvalue weighted by molar-refractivity contribution is -0.144. The van der Waals surface area contributed by atoms with Gasteiger partial charge >= 0.3 is 11.9 Å². The number of aromatic nitrogens is 2. The van der Waals surface area contributed by atoms with Crippen LogP contribution in [0.5, 0.6) is 11.6 Å². The summed E-state index contributed by atoms with van der Waals surface area (Å²) >= 11 is 0. The van der Waals surface area contributed by atoms with E-state index >= 15 is 0 Å². The van der Waals surface area contributed by atoms with Crippen molar-refractivity contribution in [1.82, 2.24) is 9.36 Å². The summed E-state index contributed by atoms with van der Waals surface area (Å²) in [6.07, 6.45) is 5.13. The Labute approximate surface area is 226 Å². The highest BCUT2D eigenvalue weighted by Crippen LogP contribution is 2.26. The van der Waals surface area contributed by atoms with Gasteiger partial charge in [0, 0.05) is 13.0 Å². The summed E-state index contributed by atoms with van der Waals surface area (Å²) in [5.74, 6) is -0.333. The fourth-order valence-electron chi connectivity index (χ4n) is 4.02. The van der Waals surface area contributed by atoms with Gasteiger partial charge < -0.3 is 14.2 Å². The minimum absolute atomic E-state index is 0.252. The molecule has 3 aromatic carbocycles. The maximum absolute atomic E-state index is 13.8. The van der Waals surface area contributed by atoms with Gasteiger partial charge in [0.25, 0.3) is 5.56 Å². The summed E-state index contributed by atoms with van der Waals surface area (Å²) in [4.78, 5) is 37.4. The van der Waals surface area contributed by atoms with Crippen LogP contribution in [-0.4, -0.2) is 28.1 Å². The largest absolute Gasteiger partial charge is 0.440 e. The van der Waals surface area contributed by atoms with Crippen LogP contribution in [0.1, 0.15) is 37.8 Å². The first-order valence-electron chi connectivity index (χ1n) is 12.7. The van der Waals surface area contributed by atoms with Gasteiger partial charge in [-0.2, -0.15) is 0 Å². The number of para-hydroxylation sites is 1. The second-order valence-electron chi connectivity index (χ2n) is 8.71.